The Labute approximate surface area is 201 Å². The van der Waals surface area contributed by atoms with E-state index in [0.717, 1.165) is 45.1 Å². The van der Waals surface area contributed by atoms with E-state index in [0.29, 0.717) is 35.6 Å². The largest absolute Gasteiger partial charge is 0.469 e. The lowest BCUT2D eigenvalue weighted by atomic mass is 9.43. The number of rotatable bonds is 6. The van der Waals surface area contributed by atoms with E-state index in [-0.39, 0.29) is 34.8 Å². The van der Waals surface area contributed by atoms with Crippen molar-refractivity contribution in [1.29, 1.82) is 0 Å². The van der Waals surface area contributed by atoms with Crippen LogP contribution in [-0.2, 0) is 19.1 Å². The lowest BCUT2D eigenvalue weighted by Gasteiger charge is -2.63. The molecule has 1 N–H and O–H groups in total. The van der Waals surface area contributed by atoms with Crippen molar-refractivity contribution < 1.29 is 19.1 Å². The number of carbonyl (C=O) groups is 2. The summed E-state index contributed by atoms with van der Waals surface area (Å²) in [4.78, 5) is 24.4. The fourth-order valence-corrected chi connectivity index (χ4v) is 9.03. The third kappa shape index (κ3) is 4.48. The second-order valence-corrected chi connectivity index (χ2v) is 12.7. The van der Waals surface area contributed by atoms with Gasteiger partial charge in [-0.3, -0.25) is 9.59 Å². The van der Waals surface area contributed by atoms with Crippen molar-refractivity contribution in [2.45, 2.75) is 105 Å². The summed E-state index contributed by atoms with van der Waals surface area (Å²) in [6, 6.07) is 0.443. The molecule has 0 saturated heterocycles. The lowest BCUT2D eigenvalue weighted by Crippen LogP contribution is -2.62. The highest BCUT2D eigenvalue weighted by molar-refractivity contribution is 5.74. The molecule has 0 amide bonds. The zero-order valence-electron chi connectivity index (χ0n) is 21.8. The van der Waals surface area contributed by atoms with E-state index in [1.54, 1.807) is 14.0 Å². The van der Waals surface area contributed by atoms with Gasteiger partial charge in [-0.25, -0.2) is 0 Å². The van der Waals surface area contributed by atoms with Crippen LogP contribution < -0.4 is 5.32 Å². The molecule has 5 heteroatoms. The van der Waals surface area contributed by atoms with E-state index in [4.69, 9.17) is 9.47 Å². The summed E-state index contributed by atoms with van der Waals surface area (Å²) in [5.74, 6) is 3.11. The van der Waals surface area contributed by atoms with Gasteiger partial charge in [0, 0.05) is 13.0 Å². The van der Waals surface area contributed by atoms with Crippen molar-refractivity contribution >= 4 is 11.9 Å². The van der Waals surface area contributed by atoms with Gasteiger partial charge >= 0.3 is 11.9 Å². The fraction of sp³-hybridized carbons (Fsp3) is 0.929. The number of esters is 2. The van der Waals surface area contributed by atoms with Crippen LogP contribution in [0.5, 0.6) is 0 Å². The third-order valence-electron chi connectivity index (χ3n) is 10.5. The van der Waals surface area contributed by atoms with Gasteiger partial charge in [0.1, 0.15) is 6.10 Å². The third-order valence-corrected chi connectivity index (χ3v) is 10.5. The Morgan fingerprint density at radius 3 is 2.48 bits per heavy atom. The average Bonchev–Trinajstić information content (AvgIpc) is 3.09. The standard InChI is InChI=1S/C28H47NO4/c1-17(2)12-14-29-24-16-28(5)22(9-10-23(28)26(31)32-6)21-8-7-19-15-20(33-18(3)30)11-13-27(19,4)25(21)24/h17,19-25,29H,7-16H2,1-6H3/t19-,20+,21-,22-,23+,24+,25+,27-,28-/m0/s1. The number of hydrogen-bond acceptors (Lipinski definition) is 5. The van der Waals surface area contributed by atoms with Crippen LogP contribution in [0.15, 0.2) is 0 Å². The van der Waals surface area contributed by atoms with Crippen molar-refractivity contribution in [3.05, 3.63) is 0 Å². The van der Waals surface area contributed by atoms with Crippen molar-refractivity contribution in [3.8, 4) is 0 Å². The minimum absolute atomic E-state index is 0.00108. The van der Waals surface area contributed by atoms with E-state index < -0.39 is 0 Å². The maximum absolute atomic E-state index is 12.8. The Bertz CT molecular complexity index is 737. The van der Waals surface area contributed by atoms with Gasteiger partial charge in [-0.2, -0.15) is 0 Å². The molecule has 4 fully saturated rings. The van der Waals surface area contributed by atoms with Crippen LogP contribution in [0.3, 0.4) is 0 Å². The molecule has 0 aromatic carbocycles. The average molecular weight is 462 g/mol. The van der Waals surface area contributed by atoms with Gasteiger partial charge in [-0.15, -0.1) is 0 Å². The minimum atomic E-state index is -0.140. The first-order valence-electron chi connectivity index (χ1n) is 13.6. The molecule has 0 radical (unpaired) electrons. The summed E-state index contributed by atoms with van der Waals surface area (Å²) in [6.07, 6.45) is 10.1. The minimum Gasteiger partial charge on any atom is -0.469 e. The first-order chi connectivity index (χ1) is 15.6. The quantitative estimate of drug-likeness (QED) is 0.539. The predicted octanol–water partition coefficient (Wildman–Crippen LogP) is 5.36. The number of carbonyl (C=O) groups excluding carboxylic acids is 2. The molecule has 4 saturated carbocycles. The topological polar surface area (TPSA) is 64.6 Å². The first kappa shape index (κ1) is 25.0. The van der Waals surface area contributed by atoms with Crippen molar-refractivity contribution in [1.82, 2.24) is 5.32 Å². The first-order valence-corrected chi connectivity index (χ1v) is 13.6. The van der Waals surface area contributed by atoms with Gasteiger partial charge in [0.05, 0.1) is 13.0 Å². The van der Waals surface area contributed by atoms with Gasteiger partial charge in [0.25, 0.3) is 0 Å². The van der Waals surface area contributed by atoms with Crippen molar-refractivity contribution in [3.63, 3.8) is 0 Å². The molecule has 0 spiro atoms. The number of fused-ring (bicyclic) bond motifs is 5. The zero-order valence-corrected chi connectivity index (χ0v) is 21.8. The van der Waals surface area contributed by atoms with E-state index in [1.165, 1.54) is 19.3 Å². The molecular formula is C28H47NO4. The number of hydrogen-bond donors (Lipinski definition) is 1. The highest BCUT2D eigenvalue weighted by atomic mass is 16.5. The van der Waals surface area contributed by atoms with Crippen LogP contribution >= 0.6 is 0 Å². The molecule has 0 heterocycles. The van der Waals surface area contributed by atoms with E-state index in [2.05, 4.69) is 33.0 Å². The molecule has 4 aliphatic carbocycles. The molecule has 9 atom stereocenters. The van der Waals surface area contributed by atoms with Crippen LogP contribution in [0.1, 0.15) is 92.4 Å². The van der Waals surface area contributed by atoms with Crippen molar-refractivity contribution in [2.75, 3.05) is 13.7 Å². The summed E-state index contributed by atoms with van der Waals surface area (Å²) in [6.45, 7) is 12.1. The summed E-state index contributed by atoms with van der Waals surface area (Å²) in [5, 5.41) is 4.03. The zero-order chi connectivity index (χ0) is 24.0. The van der Waals surface area contributed by atoms with E-state index >= 15 is 0 Å². The molecule has 4 aliphatic rings. The fourth-order valence-electron chi connectivity index (χ4n) is 9.03. The molecule has 5 nitrogen and oxygen atoms in total. The molecule has 0 aromatic heterocycles. The Morgan fingerprint density at radius 2 is 1.82 bits per heavy atom. The normalized spacial score (nSPS) is 44.5. The van der Waals surface area contributed by atoms with Crippen molar-refractivity contribution in [2.24, 2.45) is 46.3 Å². The SMILES string of the molecule is COC(=O)[C@H]1CC[C@H]2[C@@H]3CC[C@H]4C[C@H](OC(C)=O)CC[C@]4(C)[C@H]3[C@H](NCCC(C)C)C[C@]12C. The lowest BCUT2D eigenvalue weighted by molar-refractivity contribution is -0.169. The van der Waals surface area contributed by atoms with Crippen LogP contribution in [0, 0.1) is 46.3 Å². The molecule has 0 aliphatic heterocycles. The highest BCUT2D eigenvalue weighted by Crippen LogP contribution is 2.67. The number of ether oxygens (including phenoxy) is 2. The van der Waals surface area contributed by atoms with Crippen LogP contribution in [0.25, 0.3) is 0 Å². The molecule has 0 aromatic rings. The van der Waals surface area contributed by atoms with Crippen LogP contribution in [-0.4, -0.2) is 37.7 Å². The predicted molar refractivity (Wildman–Crippen MR) is 129 cm³/mol. The highest BCUT2D eigenvalue weighted by Gasteiger charge is 2.64. The summed E-state index contributed by atoms with van der Waals surface area (Å²) in [7, 11) is 1.55. The Kier molecular flexibility index (Phi) is 7.21. The smallest absolute Gasteiger partial charge is 0.309 e. The van der Waals surface area contributed by atoms with E-state index in [1.807, 2.05) is 0 Å². The van der Waals surface area contributed by atoms with Gasteiger partial charge in [0.15, 0.2) is 0 Å². The second-order valence-electron chi connectivity index (χ2n) is 12.7. The Morgan fingerprint density at radius 1 is 1.06 bits per heavy atom. The molecule has 33 heavy (non-hydrogen) atoms. The molecule has 0 bridgehead atoms. The van der Waals surface area contributed by atoms with Gasteiger partial charge in [-0.05, 0) is 105 Å². The maximum atomic E-state index is 12.8. The molecule has 188 valence electrons. The van der Waals surface area contributed by atoms with Gasteiger partial charge in [0.2, 0.25) is 0 Å². The van der Waals surface area contributed by atoms with Crippen LogP contribution in [0.2, 0.25) is 0 Å². The van der Waals surface area contributed by atoms with Gasteiger partial charge in [-0.1, -0.05) is 27.7 Å². The Balaban J connectivity index is 1.62. The van der Waals surface area contributed by atoms with Crippen LogP contribution in [0.4, 0.5) is 0 Å². The summed E-state index contributed by atoms with van der Waals surface area (Å²) >= 11 is 0. The molecule has 0 unspecified atom stereocenters. The summed E-state index contributed by atoms with van der Waals surface area (Å²) < 4.78 is 11.0. The number of methoxy groups -OCH3 is 1. The van der Waals surface area contributed by atoms with Gasteiger partial charge < -0.3 is 14.8 Å². The number of nitrogens with one attached hydrogen (secondary N) is 1. The molecule has 4 rings (SSSR count). The summed E-state index contributed by atoms with van der Waals surface area (Å²) in [5.41, 5.74) is 0.307. The molecular weight excluding hydrogens is 414 g/mol. The Hall–Kier alpha value is -1.10. The van der Waals surface area contributed by atoms with E-state index in [9.17, 15) is 9.59 Å². The monoisotopic (exact) mass is 461 g/mol. The maximum Gasteiger partial charge on any atom is 0.309 e. The second kappa shape index (κ2) is 9.51.